The Hall–Kier alpha value is -2.49. The lowest BCUT2D eigenvalue weighted by Gasteiger charge is -2.17. The highest BCUT2D eigenvalue weighted by Gasteiger charge is 2.16. The van der Waals surface area contributed by atoms with Crippen molar-refractivity contribution in [3.8, 4) is 11.5 Å². The average molecular weight is 327 g/mol. The van der Waals surface area contributed by atoms with Crippen LogP contribution < -0.4 is 14.8 Å². The van der Waals surface area contributed by atoms with Crippen LogP contribution in [-0.2, 0) is 4.79 Å². The van der Waals surface area contributed by atoms with Crippen LogP contribution in [0.4, 0.5) is 5.69 Å². The number of carbonyl (C=O) groups is 1. The molecule has 0 saturated heterocycles. The lowest BCUT2D eigenvalue weighted by molar-refractivity contribution is -0.122. The van der Waals surface area contributed by atoms with Crippen molar-refractivity contribution in [2.24, 2.45) is 5.92 Å². The predicted molar refractivity (Wildman–Crippen MR) is 96.7 cm³/mol. The zero-order valence-corrected chi connectivity index (χ0v) is 14.7. The fourth-order valence-electron chi connectivity index (χ4n) is 2.06. The van der Waals surface area contributed by atoms with Crippen molar-refractivity contribution in [2.75, 3.05) is 11.9 Å². The van der Waals surface area contributed by atoms with E-state index in [2.05, 4.69) is 19.2 Å². The molecule has 2 rings (SSSR count). The van der Waals surface area contributed by atoms with Gasteiger partial charge in [0.25, 0.3) is 5.91 Å². The van der Waals surface area contributed by atoms with E-state index in [1.807, 2.05) is 55.5 Å². The number of anilines is 1. The van der Waals surface area contributed by atoms with Gasteiger partial charge < -0.3 is 14.8 Å². The molecule has 0 aromatic heterocycles. The first kappa shape index (κ1) is 17.9. The molecule has 0 aliphatic rings. The Balaban J connectivity index is 1.99. The van der Waals surface area contributed by atoms with E-state index in [4.69, 9.17) is 9.47 Å². The third-order valence-electron chi connectivity index (χ3n) is 3.42. The fraction of sp³-hybridized carbons (Fsp3) is 0.350. The van der Waals surface area contributed by atoms with Gasteiger partial charge >= 0.3 is 0 Å². The molecule has 1 N–H and O–H groups in total. The molecule has 0 radical (unpaired) electrons. The van der Waals surface area contributed by atoms with E-state index in [0.29, 0.717) is 29.7 Å². The molecule has 0 bridgehead atoms. The monoisotopic (exact) mass is 327 g/mol. The molecule has 0 aliphatic carbocycles. The van der Waals surface area contributed by atoms with Crippen molar-refractivity contribution in [1.29, 1.82) is 0 Å². The molecule has 128 valence electrons. The van der Waals surface area contributed by atoms with E-state index < -0.39 is 6.10 Å². The first-order valence-electron chi connectivity index (χ1n) is 8.21. The quantitative estimate of drug-likeness (QED) is 0.818. The van der Waals surface area contributed by atoms with Crippen molar-refractivity contribution in [2.45, 2.75) is 33.8 Å². The van der Waals surface area contributed by atoms with E-state index in [9.17, 15) is 4.79 Å². The van der Waals surface area contributed by atoms with Crippen LogP contribution in [0, 0.1) is 12.8 Å². The van der Waals surface area contributed by atoms with Crippen molar-refractivity contribution < 1.29 is 14.3 Å². The zero-order valence-electron chi connectivity index (χ0n) is 14.7. The number of hydrogen-bond acceptors (Lipinski definition) is 3. The summed E-state index contributed by atoms with van der Waals surface area (Å²) >= 11 is 0. The van der Waals surface area contributed by atoms with Crippen molar-refractivity contribution in [3.05, 3.63) is 54.1 Å². The molecule has 1 amide bonds. The summed E-state index contributed by atoms with van der Waals surface area (Å²) in [5.41, 5.74) is 1.80. The van der Waals surface area contributed by atoms with Crippen LogP contribution in [0.15, 0.2) is 48.5 Å². The van der Waals surface area contributed by atoms with Gasteiger partial charge in [0.1, 0.15) is 11.5 Å². The molecule has 2 aromatic carbocycles. The minimum Gasteiger partial charge on any atom is -0.491 e. The van der Waals surface area contributed by atoms with Gasteiger partial charge in [0, 0.05) is 0 Å². The summed E-state index contributed by atoms with van der Waals surface area (Å²) in [6, 6.07) is 15.1. The second-order valence-corrected chi connectivity index (χ2v) is 6.26. The second kappa shape index (κ2) is 8.39. The summed E-state index contributed by atoms with van der Waals surface area (Å²) in [5.74, 6) is 1.54. The summed E-state index contributed by atoms with van der Waals surface area (Å²) < 4.78 is 11.4. The smallest absolute Gasteiger partial charge is 0.265 e. The Morgan fingerprint density at radius 3 is 2.38 bits per heavy atom. The largest absolute Gasteiger partial charge is 0.491 e. The summed E-state index contributed by atoms with van der Waals surface area (Å²) in [6.07, 6.45) is -0.606. The molecule has 0 heterocycles. The van der Waals surface area contributed by atoms with Crippen molar-refractivity contribution in [3.63, 3.8) is 0 Å². The van der Waals surface area contributed by atoms with E-state index in [1.54, 1.807) is 6.92 Å². The van der Waals surface area contributed by atoms with Gasteiger partial charge in [0.15, 0.2) is 6.10 Å². The number of ether oxygens (including phenoxy) is 2. The molecule has 4 heteroatoms. The predicted octanol–water partition coefficient (Wildman–Crippen LogP) is 4.44. The molecule has 0 saturated carbocycles. The molecule has 2 aromatic rings. The van der Waals surface area contributed by atoms with Gasteiger partial charge in [-0.3, -0.25) is 4.79 Å². The maximum atomic E-state index is 12.4. The van der Waals surface area contributed by atoms with Gasteiger partial charge in [0.2, 0.25) is 0 Å². The lowest BCUT2D eigenvalue weighted by atomic mass is 10.2. The molecular weight excluding hydrogens is 302 g/mol. The number of benzene rings is 2. The van der Waals surface area contributed by atoms with E-state index >= 15 is 0 Å². The molecule has 4 nitrogen and oxygen atoms in total. The number of rotatable bonds is 7. The Morgan fingerprint density at radius 2 is 1.71 bits per heavy atom. The fourth-order valence-corrected chi connectivity index (χ4v) is 2.06. The third kappa shape index (κ3) is 5.30. The number of amides is 1. The highest BCUT2D eigenvalue weighted by atomic mass is 16.5. The molecule has 0 aliphatic heterocycles. The van der Waals surface area contributed by atoms with Crippen LogP contribution in [0.5, 0.6) is 11.5 Å². The Bertz CT molecular complexity index is 665. The Morgan fingerprint density at radius 1 is 1.04 bits per heavy atom. The average Bonchev–Trinajstić information content (AvgIpc) is 2.56. The van der Waals surface area contributed by atoms with Crippen LogP contribution in [0.1, 0.15) is 26.3 Å². The minimum atomic E-state index is -0.606. The Kier molecular flexibility index (Phi) is 6.24. The lowest BCUT2D eigenvalue weighted by Crippen LogP contribution is -2.30. The molecule has 1 unspecified atom stereocenters. The van der Waals surface area contributed by atoms with Crippen LogP contribution in [0.3, 0.4) is 0 Å². The first-order valence-corrected chi connectivity index (χ1v) is 8.21. The minimum absolute atomic E-state index is 0.212. The number of aryl methyl sites for hydroxylation is 1. The van der Waals surface area contributed by atoms with Crippen molar-refractivity contribution >= 4 is 11.6 Å². The van der Waals surface area contributed by atoms with Gasteiger partial charge in [-0.05, 0) is 44.0 Å². The summed E-state index contributed by atoms with van der Waals surface area (Å²) in [4.78, 5) is 12.4. The normalized spacial score (nSPS) is 11.9. The van der Waals surface area contributed by atoms with Crippen LogP contribution in [0.2, 0.25) is 0 Å². The van der Waals surface area contributed by atoms with Gasteiger partial charge in [0.05, 0.1) is 12.3 Å². The third-order valence-corrected chi connectivity index (χ3v) is 3.42. The van der Waals surface area contributed by atoms with Crippen LogP contribution in [-0.4, -0.2) is 18.6 Å². The first-order chi connectivity index (χ1) is 11.5. The maximum absolute atomic E-state index is 12.4. The Labute approximate surface area is 143 Å². The highest BCUT2D eigenvalue weighted by molar-refractivity contribution is 5.95. The zero-order chi connectivity index (χ0) is 17.5. The highest BCUT2D eigenvalue weighted by Crippen LogP contribution is 2.25. The summed E-state index contributed by atoms with van der Waals surface area (Å²) in [7, 11) is 0. The standard InChI is InChI=1S/C20H25NO3/c1-14(2)13-23-19-8-6-5-7-18(19)21-20(22)16(4)24-17-11-9-15(3)10-12-17/h5-12,14,16H,13H2,1-4H3,(H,21,22). The molecule has 0 fully saturated rings. The van der Waals surface area contributed by atoms with E-state index in [-0.39, 0.29) is 5.91 Å². The van der Waals surface area contributed by atoms with Gasteiger partial charge in [-0.2, -0.15) is 0 Å². The van der Waals surface area contributed by atoms with Crippen LogP contribution in [0.25, 0.3) is 0 Å². The second-order valence-electron chi connectivity index (χ2n) is 6.26. The SMILES string of the molecule is Cc1ccc(OC(C)C(=O)Nc2ccccc2OCC(C)C)cc1. The number of nitrogens with one attached hydrogen (secondary N) is 1. The van der Waals surface area contributed by atoms with Gasteiger partial charge in [-0.25, -0.2) is 0 Å². The van der Waals surface area contributed by atoms with Crippen LogP contribution >= 0.6 is 0 Å². The maximum Gasteiger partial charge on any atom is 0.265 e. The topological polar surface area (TPSA) is 47.6 Å². The number of hydrogen-bond donors (Lipinski definition) is 1. The molecular formula is C20H25NO3. The van der Waals surface area contributed by atoms with Gasteiger partial charge in [-0.15, -0.1) is 0 Å². The molecule has 24 heavy (non-hydrogen) atoms. The summed E-state index contributed by atoms with van der Waals surface area (Å²) in [6.45, 7) is 8.50. The van der Waals surface area contributed by atoms with Crippen molar-refractivity contribution in [1.82, 2.24) is 0 Å². The molecule has 0 spiro atoms. The number of carbonyl (C=O) groups excluding carboxylic acids is 1. The van der Waals surface area contributed by atoms with E-state index in [0.717, 1.165) is 5.56 Å². The summed E-state index contributed by atoms with van der Waals surface area (Å²) in [5, 5.41) is 2.88. The van der Waals surface area contributed by atoms with Gasteiger partial charge in [-0.1, -0.05) is 43.7 Å². The number of para-hydroxylation sites is 2. The molecule has 1 atom stereocenters. The van der Waals surface area contributed by atoms with E-state index in [1.165, 1.54) is 0 Å².